The second-order valence-electron chi connectivity index (χ2n) is 3.31. The molecule has 17 heavy (non-hydrogen) atoms. The maximum Gasteiger partial charge on any atom is 0.175 e. The molecule has 0 aromatic heterocycles. The molecule has 1 aromatic carbocycles. The highest BCUT2D eigenvalue weighted by molar-refractivity contribution is 7.90. The Hall–Kier alpha value is -1.96. The molecule has 0 atom stereocenters. The molecule has 0 fully saturated rings. The second kappa shape index (κ2) is 5.94. The summed E-state index contributed by atoms with van der Waals surface area (Å²) in [7, 11) is -3.20. The van der Waals surface area contributed by atoms with Crippen LogP contribution in [0.1, 0.15) is 12.0 Å². The van der Waals surface area contributed by atoms with Crippen molar-refractivity contribution < 1.29 is 8.42 Å². The molecule has 1 aromatic rings. The Bertz CT molecular complexity index is 605. The average molecular weight is 249 g/mol. The van der Waals surface area contributed by atoms with Crippen LogP contribution in [0.5, 0.6) is 0 Å². The van der Waals surface area contributed by atoms with E-state index in [0.717, 1.165) is 6.26 Å². The van der Waals surface area contributed by atoms with Gasteiger partial charge in [-0.15, -0.1) is 0 Å². The lowest BCUT2D eigenvalue weighted by atomic mass is 10.2. The van der Waals surface area contributed by atoms with Gasteiger partial charge in [0.1, 0.15) is 0 Å². The molecule has 0 spiro atoms. The molecule has 0 aliphatic heterocycles. The summed E-state index contributed by atoms with van der Waals surface area (Å²) in [6.07, 6.45) is 1.61. The van der Waals surface area contributed by atoms with Crippen LogP contribution in [0, 0.1) is 11.8 Å². The number of hydrogen-bond acceptors (Lipinski definition) is 3. The highest BCUT2D eigenvalue weighted by atomic mass is 32.2. The molecule has 0 aliphatic carbocycles. The molecule has 1 rings (SSSR count). The SMILES string of the molecule is CS(=O)(=O)c1cccc(C#CCCN=[N+]=[N-])c1. The van der Waals surface area contributed by atoms with Gasteiger partial charge in [-0.2, -0.15) is 0 Å². The lowest BCUT2D eigenvalue weighted by molar-refractivity contribution is 0.602. The van der Waals surface area contributed by atoms with E-state index in [9.17, 15) is 8.42 Å². The predicted molar refractivity (Wildman–Crippen MR) is 65.1 cm³/mol. The molecule has 0 saturated carbocycles. The zero-order valence-electron chi connectivity index (χ0n) is 9.29. The van der Waals surface area contributed by atoms with Crippen LogP contribution in [-0.4, -0.2) is 21.2 Å². The van der Waals surface area contributed by atoms with E-state index in [1.165, 1.54) is 12.1 Å². The minimum atomic E-state index is -3.20. The van der Waals surface area contributed by atoms with Gasteiger partial charge in [0.25, 0.3) is 0 Å². The van der Waals surface area contributed by atoms with Gasteiger partial charge in [0.2, 0.25) is 0 Å². The molecule has 6 heteroatoms. The standard InChI is InChI=1S/C11H11N3O2S/c1-17(15,16)11-7-4-6-10(9-11)5-2-3-8-13-14-12/h4,6-7,9H,3,8H2,1H3. The van der Waals surface area contributed by atoms with Crippen LogP contribution < -0.4 is 0 Å². The smallest absolute Gasteiger partial charge is 0.175 e. The fourth-order valence-electron chi connectivity index (χ4n) is 1.12. The number of hydrogen-bond donors (Lipinski definition) is 0. The van der Waals surface area contributed by atoms with Gasteiger partial charge in [0.05, 0.1) is 4.90 Å². The molecule has 0 unspecified atom stereocenters. The first-order valence-electron chi connectivity index (χ1n) is 4.84. The van der Waals surface area contributed by atoms with Crippen LogP contribution in [0.25, 0.3) is 10.4 Å². The first-order valence-corrected chi connectivity index (χ1v) is 6.73. The molecule has 5 nitrogen and oxygen atoms in total. The lowest BCUT2D eigenvalue weighted by Gasteiger charge is -1.97. The topological polar surface area (TPSA) is 82.9 Å². The van der Waals surface area contributed by atoms with E-state index in [0.29, 0.717) is 18.5 Å². The van der Waals surface area contributed by atoms with E-state index in [-0.39, 0.29) is 4.90 Å². The molecule has 0 heterocycles. The van der Waals surface area contributed by atoms with Crippen LogP contribution in [0.4, 0.5) is 0 Å². The maximum absolute atomic E-state index is 11.3. The monoisotopic (exact) mass is 249 g/mol. The van der Waals surface area contributed by atoms with Crippen molar-refractivity contribution in [3.8, 4) is 11.8 Å². The molecular formula is C11H11N3O2S. The molecule has 0 bridgehead atoms. The average Bonchev–Trinajstić information content (AvgIpc) is 2.28. The summed E-state index contributed by atoms with van der Waals surface area (Å²) in [5.41, 5.74) is 8.69. The van der Waals surface area contributed by atoms with Crippen molar-refractivity contribution >= 4 is 9.84 Å². The summed E-state index contributed by atoms with van der Waals surface area (Å²) < 4.78 is 22.6. The van der Waals surface area contributed by atoms with Crippen LogP contribution in [-0.2, 0) is 9.84 Å². The van der Waals surface area contributed by atoms with Gasteiger partial charge >= 0.3 is 0 Å². The Morgan fingerprint density at radius 1 is 1.47 bits per heavy atom. The number of nitrogens with zero attached hydrogens (tertiary/aromatic N) is 3. The zero-order valence-corrected chi connectivity index (χ0v) is 10.1. The molecule has 0 radical (unpaired) electrons. The Kier molecular flexibility index (Phi) is 4.58. The van der Waals surface area contributed by atoms with Crippen molar-refractivity contribution in [1.82, 2.24) is 0 Å². The van der Waals surface area contributed by atoms with Gasteiger partial charge in [-0.25, -0.2) is 8.42 Å². The van der Waals surface area contributed by atoms with E-state index < -0.39 is 9.84 Å². The van der Waals surface area contributed by atoms with Crippen molar-refractivity contribution in [2.24, 2.45) is 5.11 Å². The largest absolute Gasteiger partial charge is 0.224 e. The molecule has 0 amide bonds. The van der Waals surface area contributed by atoms with Crippen LogP contribution in [0.15, 0.2) is 34.3 Å². The second-order valence-corrected chi connectivity index (χ2v) is 5.32. The van der Waals surface area contributed by atoms with Crippen molar-refractivity contribution in [2.45, 2.75) is 11.3 Å². The minimum absolute atomic E-state index is 0.249. The van der Waals surface area contributed by atoms with E-state index in [4.69, 9.17) is 5.53 Å². The van der Waals surface area contributed by atoms with E-state index in [2.05, 4.69) is 21.9 Å². The normalized spacial score (nSPS) is 9.94. The van der Waals surface area contributed by atoms with Crippen molar-refractivity contribution in [2.75, 3.05) is 12.8 Å². The van der Waals surface area contributed by atoms with E-state index >= 15 is 0 Å². The summed E-state index contributed by atoms with van der Waals surface area (Å²) >= 11 is 0. The van der Waals surface area contributed by atoms with E-state index in [1.54, 1.807) is 12.1 Å². The van der Waals surface area contributed by atoms with Gasteiger partial charge in [-0.1, -0.05) is 23.0 Å². The van der Waals surface area contributed by atoms with Gasteiger partial charge in [-0.3, -0.25) is 0 Å². The van der Waals surface area contributed by atoms with E-state index in [1.807, 2.05) is 0 Å². The van der Waals surface area contributed by atoms with Crippen LogP contribution >= 0.6 is 0 Å². The summed E-state index contributed by atoms with van der Waals surface area (Å²) in [5.74, 6) is 5.62. The Morgan fingerprint density at radius 2 is 2.24 bits per heavy atom. The van der Waals surface area contributed by atoms with Gasteiger partial charge < -0.3 is 0 Å². The quantitative estimate of drug-likeness (QED) is 0.270. The first-order chi connectivity index (χ1) is 8.04. The number of rotatable bonds is 3. The van der Waals surface area contributed by atoms with Crippen LogP contribution in [0.3, 0.4) is 0 Å². The summed E-state index contributed by atoms with van der Waals surface area (Å²) in [6, 6.07) is 6.43. The van der Waals surface area contributed by atoms with Crippen molar-refractivity contribution in [3.05, 3.63) is 40.3 Å². The Labute approximate surface area is 100 Å². The third kappa shape index (κ3) is 4.60. The molecule has 0 N–H and O–H groups in total. The Balaban J connectivity index is 2.83. The number of sulfone groups is 1. The first kappa shape index (κ1) is 13.1. The summed E-state index contributed by atoms with van der Waals surface area (Å²) in [6.45, 7) is 0.315. The summed E-state index contributed by atoms with van der Waals surface area (Å²) in [4.78, 5) is 2.85. The molecule has 0 saturated heterocycles. The molecular weight excluding hydrogens is 238 g/mol. The third-order valence-electron chi connectivity index (χ3n) is 1.89. The molecule has 0 aliphatic rings. The van der Waals surface area contributed by atoms with Crippen molar-refractivity contribution in [1.29, 1.82) is 0 Å². The third-order valence-corrected chi connectivity index (χ3v) is 3.01. The fraction of sp³-hybridized carbons (Fsp3) is 0.273. The highest BCUT2D eigenvalue weighted by Crippen LogP contribution is 2.10. The summed E-state index contributed by atoms with van der Waals surface area (Å²) in [5, 5.41) is 3.34. The zero-order chi connectivity index (χ0) is 12.7. The van der Waals surface area contributed by atoms with Gasteiger partial charge in [0, 0.05) is 29.7 Å². The van der Waals surface area contributed by atoms with Crippen molar-refractivity contribution in [3.63, 3.8) is 0 Å². The number of benzene rings is 1. The Morgan fingerprint density at radius 3 is 2.88 bits per heavy atom. The van der Waals surface area contributed by atoms with Gasteiger partial charge in [-0.05, 0) is 23.7 Å². The predicted octanol–water partition coefficient (Wildman–Crippen LogP) is 2.14. The maximum atomic E-state index is 11.3. The fourth-order valence-corrected chi connectivity index (χ4v) is 1.79. The number of azide groups is 1. The lowest BCUT2D eigenvalue weighted by Crippen LogP contribution is -1.96. The minimum Gasteiger partial charge on any atom is -0.224 e. The van der Waals surface area contributed by atoms with Crippen LogP contribution in [0.2, 0.25) is 0 Å². The highest BCUT2D eigenvalue weighted by Gasteiger charge is 2.05. The van der Waals surface area contributed by atoms with Gasteiger partial charge in [0.15, 0.2) is 9.84 Å². The molecule has 88 valence electrons.